The van der Waals surface area contributed by atoms with Crippen molar-refractivity contribution in [3.63, 3.8) is 0 Å². The Balaban J connectivity index is 1.80. The number of para-hydroxylation sites is 1. The molecule has 144 valence electrons. The molecule has 0 aliphatic heterocycles. The van der Waals surface area contributed by atoms with Crippen LogP contribution in [0.4, 0.5) is 30.2 Å². The first-order chi connectivity index (χ1) is 13.4. The molecule has 28 heavy (non-hydrogen) atoms. The standard InChI is InChI=1S/C20H16F3N3O2/c1-28-16-6-4-5-14(10-16)25-15-9-13(11-24-12-15)19(27)26-18-8-3-2-7-17(18)20(21,22)23/h2-12,25H,1H3,(H,26,27). The van der Waals surface area contributed by atoms with Gasteiger partial charge in [0.2, 0.25) is 0 Å². The van der Waals surface area contributed by atoms with Crippen molar-refractivity contribution in [2.24, 2.45) is 0 Å². The summed E-state index contributed by atoms with van der Waals surface area (Å²) in [5.74, 6) is -0.0471. The Bertz CT molecular complexity index is 990. The van der Waals surface area contributed by atoms with Gasteiger partial charge in [0.1, 0.15) is 5.75 Å². The third kappa shape index (κ3) is 4.59. The largest absolute Gasteiger partial charge is 0.497 e. The van der Waals surface area contributed by atoms with Gasteiger partial charge in [-0.2, -0.15) is 13.2 Å². The van der Waals surface area contributed by atoms with Crippen molar-refractivity contribution in [3.8, 4) is 5.75 Å². The van der Waals surface area contributed by atoms with Crippen LogP contribution in [-0.4, -0.2) is 18.0 Å². The number of benzene rings is 2. The van der Waals surface area contributed by atoms with E-state index < -0.39 is 17.6 Å². The van der Waals surface area contributed by atoms with Gasteiger partial charge in [-0.05, 0) is 30.3 Å². The Morgan fingerprint density at radius 1 is 1.00 bits per heavy atom. The third-order valence-electron chi connectivity index (χ3n) is 3.84. The Hall–Kier alpha value is -3.55. The maximum absolute atomic E-state index is 13.1. The highest BCUT2D eigenvalue weighted by molar-refractivity contribution is 6.05. The van der Waals surface area contributed by atoms with E-state index in [-0.39, 0.29) is 11.3 Å². The number of ether oxygens (including phenoxy) is 1. The minimum absolute atomic E-state index is 0.116. The zero-order chi connectivity index (χ0) is 20.1. The van der Waals surface area contributed by atoms with Crippen molar-refractivity contribution in [1.29, 1.82) is 0 Å². The van der Waals surface area contributed by atoms with Crippen LogP contribution in [0, 0.1) is 0 Å². The molecule has 2 aromatic carbocycles. The molecule has 0 aliphatic carbocycles. The van der Waals surface area contributed by atoms with Crippen molar-refractivity contribution in [3.05, 3.63) is 78.1 Å². The lowest BCUT2D eigenvalue weighted by atomic mass is 10.1. The van der Waals surface area contributed by atoms with Gasteiger partial charge in [-0.3, -0.25) is 9.78 Å². The topological polar surface area (TPSA) is 63.2 Å². The smallest absolute Gasteiger partial charge is 0.418 e. The van der Waals surface area contributed by atoms with Gasteiger partial charge in [0.15, 0.2) is 0 Å². The SMILES string of the molecule is COc1cccc(Nc2cncc(C(=O)Nc3ccccc3C(F)(F)F)c2)c1. The van der Waals surface area contributed by atoms with Crippen molar-refractivity contribution < 1.29 is 22.7 Å². The Labute approximate surface area is 159 Å². The second kappa shape index (κ2) is 7.99. The van der Waals surface area contributed by atoms with E-state index in [4.69, 9.17) is 4.74 Å². The van der Waals surface area contributed by atoms with Crippen LogP contribution in [-0.2, 0) is 6.18 Å². The monoisotopic (exact) mass is 387 g/mol. The minimum Gasteiger partial charge on any atom is -0.497 e. The van der Waals surface area contributed by atoms with Gasteiger partial charge < -0.3 is 15.4 Å². The Kier molecular flexibility index (Phi) is 5.49. The molecule has 0 atom stereocenters. The lowest BCUT2D eigenvalue weighted by molar-refractivity contribution is -0.136. The molecule has 3 rings (SSSR count). The molecule has 0 aliphatic rings. The summed E-state index contributed by atoms with van der Waals surface area (Å²) in [6.45, 7) is 0. The number of rotatable bonds is 5. The van der Waals surface area contributed by atoms with Crippen LogP contribution >= 0.6 is 0 Å². The normalized spacial score (nSPS) is 11.0. The van der Waals surface area contributed by atoms with Crippen molar-refractivity contribution in [2.75, 3.05) is 17.7 Å². The molecule has 0 radical (unpaired) electrons. The number of aromatic nitrogens is 1. The number of hydrogen-bond acceptors (Lipinski definition) is 4. The second-order valence-corrected chi connectivity index (χ2v) is 5.82. The van der Waals surface area contributed by atoms with E-state index >= 15 is 0 Å². The van der Waals surface area contributed by atoms with E-state index in [1.165, 1.54) is 36.7 Å². The molecule has 1 heterocycles. The molecule has 5 nitrogen and oxygen atoms in total. The van der Waals surface area contributed by atoms with Crippen LogP contribution in [0.25, 0.3) is 0 Å². The molecular weight excluding hydrogens is 371 g/mol. The molecule has 0 saturated carbocycles. The van der Waals surface area contributed by atoms with Crippen molar-refractivity contribution in [1.82, 2.24) is 4.98 Å². The van der Waals surface area contributed by atoms with Gasteiger partial charge in [0.25, 0.3) is 5.91 Å². The second-order valence-electron chi connectivity index (χ2n) is 5.82. The van der Waals surface area contributed by atoms with Crippen molar-refractivity contribution >= 4 is 23.0 Å². The predicted octanol–water partition coefficient (Wildman–Crippen LogP) is 5.10. The van der Waals surface area contributed by atoms with Crippen LogP contribution in [0.3, 0.4) is 0 Å². The van der Waals surface area contributed by atoms with Gasteiger partial charge in [-0.1, -0.05) is 18.2 Å². The van der Waals surface area contributed by atoms with E-state index in [0.29, 0.717) is 17.1 Å². The Morgan fingerprint density at radius 3 is 2.54 bits per heavy atom. The Morgan fingerprint density at radius 2 is 1.79 bits per heavy atom. The minimum atomic E-state index is -4.57. The fourth-order valence-electron chi connectivity index (χ4n) is 2.53. The molecule has 0 spiro atoms. The number of anilines is 3. The van der Waals surface area contributed by atoms with Gasteiger partial charge in [-0.15, -0.1) is 0 Å². The number of pyridine rings is 1. The van der Waals surface area contributed by atoms with Gasteiger partial charge in [0.05, 0.1) is 35.8 Å². The number of halogens is 3. The summed E-state index contributed by atoms with van der Waals surface area (Å²) in [6, 6.07) is 13.4. The lowest BCUT2D eigenvalue weighted by Crippen LogP contribution is -2.17. The third-order valence-corrected chi connectivity index (χ3v) is 3.84. The molecular formula is C20H16F3N3O2. The number of methoxy groups -OCH3 is 1. The van der Waals surface area contributed by atoms with Gasteiger partial charge in [-0.25, -0.2) is 0 Å². The molecule has 8 heteroatoms. The van der Waals surface area contributed by atoms with Crippen LogP contribution < -0.4 is 15.4 Å². The van der Waals surface area contributed by atoms with Gasteiger partial charge in [0, 0.05) is 18.0 Å². The first kappa shape index (κ1) is 19.2. The first-order valence-electron chi connectivity index (χ1n) is 8.20. The number of hydrogen-bond donors (Lipinski definition) is 2. The highest BCUT2D eigenvalue weighted by atomic mass is 19.4. The quantitative estimate of drug-likeness (QED) is 0.639. The van der Waals surface area contributed by atoms with Gasteiger partial charge >= 0.3 is 6.18 Å². The fourth-order valence-corrected chi connectivity index (χ4v) is 2.53. The molecule has 0 fully saturated rings. The fraction of sp³-hybridized carbons (Fsp3) is 0.100. The molecule has 3 aromatic rings. The number of amides is 1. The molecule has 0 saturated heterocycles. The van der Waals surface area contributed by atoms with E-state index in [9.17, 15) is 18.0 Å². The average Bonchev–Trinajstić information content (AvgIpc) is 2.68. The average molecular weight is 387 g/mol. The van der Waals surface area contributed by atoms with E-state index in [0.717, 1.165) is 6.07 Å². The number of nitrogens with one attached hydrogen (secondary N) is 2. The van der Waals surface area contributed by atoms with E-state index in [1.807, 2.05) is 0 Å². The first-order valence-corrected chi connectivity index (χ1v) is 8.20. The summed E-state index contributed by atoms with van der Waals surface area (Å²) in [4.78, 5) is 16.4. The summed E-state index contributed by atoms with van der Waals surface area (Å²) in [5, 5.41) is 5.37. The summed E-state index contributed by atoms with van der Waals surface area (Å²) in [5.41, 5.74) is 0.101. The zero-order valence-electron chi connectivity index (χ0n) is 14.7. The summed E-state index contributed by atoms with van der Waals surface area (Å²) < 4.78 is 44.4. The van der Waals surface area contributed by atoms with Crippen LogP contribution in [0.1, 0.15) is 15.9 Å². The maximum Gasteiger partial charge on any atom is 0.418 e. The predicted molar refractivity (Wildman–Crippen MR) is 99.9 cm³/mol. The lowest BCUT2D eigenvalue weighted by Gasteiger charge is -2.14. The number of alkyl halides is 3. The molecule has 2 N–H and O–H groups in total. The zero-order valence-corrected chi connectivity index (χ0v) is 14.7. The summed E-state index contributed by atoms with van der Waals surface area (Å²) in [7, 11) is 1.55. The van der Waals surface area contributed by atoms with Crippen molar-refractivity contribution in [2.45, 2.75) is 6.18 Å². The number of nitrogens with zero attached hydrogens (tertiary/aromatic N) is 1. The molecule has 0 bridgehead atoms. The summed E-state index contributed by atoms with van der Waals surface area (Å²) >= 11 is 0. The van der Waals surface area contributed by atoms with E-state index in [2.05, 4.69) is 15.6 Å². The highest BCUT2D eigenvalue weighted by Gasteiger charge is 2.33. The molecule has 0 unspecified atom stereocenters. The van der Waals surface area contributed by atoms with Crippen LogP contribution in [0.5, 0.6) is 5.75 Å². The molecule has 1 aromatic heterocycles. The van der Waals surface area contributed by atoms with Crippen LogP contribution in [0.2, 0.25) is 0 Å². The van der Waals surface area contributed by atoms with Crippen LogP contribution in [0.15, 0.2) is 67.0 Å². The maximum atomic E-state index is 13.1. The number of carbonyl (C=O) groups is 1. The molecule has 1 amide bonds. The highest BCUT2D eigenvalue weighted by Crippen LogP contribution is 2.34. The van der Waals surface area contributed by atoms with E-state index in [1.54, 1.807) is 31.4 Å². The summed E-state index contributed by atoms with van der Waals surface area (Å²) in [6.07, 6.45) is -1.79. The number of carbonyl (C=O) groups excluding carboxylic acids is 1.